The number of anilines is 1. The summed E-state index contributed by atoms with van der Waals surface area (Å²) in [6.07, 6.45) is 1.31. The van der Waals surface area contributed by atoms with Gasteiger partial charge >= 0.3 is 0 Å². The van der Waals surface area contributed by atoms with E-state index in [0.717, 1.165) is 23.7 Å². The van der Waals surface area contributed by atoms with Crippen LogP contribution in [0.3, 0.4) is 0 Å². The molecule has 82 valence electrons. The highest BCUT2D eigenvalue weighted by molar-refractivity contribution is 6.33. The van der Waals surface area contributed by atoms with Gasteiger partial charge in [-0.1, -0.05) is 17.7 Å². The smallest absolute Gasteiger partial charge is 0.0748 e. The lowest BCUT2D eigenvalue weighted by Gasteiger charge is -2.18. The molecule has 0 aliphatic carbocycles. The molecule has 0 spiro atoms. The fourth-order valence-electron chi connectivity index (χ4n) is 1.86. The highest BCUT2D eigenvalue weighted by Gasteiger charge is 2.24. The van der Waals surface area contributed by atoms with Crippen LogP contribution in [0.5, 0.6) is 0 Å². The molecule has 0 radical (unpaired) electrons. The van der Waals surface area contributed by atoms with E-state index in [1.165, 1.54) is 5.56 Å². The maximum atomic E-state index is 6.15. The molecule has 1 saturated heterocycles. The number of hydrogen-bond acceptors (Lipinski definition) is 2. The number of aryl methyl sites for hydroxylation is 1. The van der Waals surface area contributed by atoms with Crippen molar-refractivity contribution < 1.29 is 4.74 Å². The van der Waals surface area contributed by atoms with Gasteiger partial charge in [0.1, 0.15) is 0 Å². The van der Waals surface area contributed by atoms with E-state index in [0.29, 0.717) is 6.04 Å². The van der Waals surface area contributed by atoms with E-state index in [1.54, 1.807) is 0 Å². The van der Waals surface area contributed by atoms with E-state index in [9.17, 15) is 0 Å². The lowest BCUT2D eigenvalue weighted by atomic mass is 10.1. The molecule has 1 fully saturated rings. The Hall–Kier alpha value is -0.730. The Morgan fingerprint density at radius 2 is 2.27 bits per heavy atom. The molecule has 2 rings (SSSR count). The summed E-state index contributed by atoms with van der Waals surface area (Å²) in [7, 11) is 0. The summed E-state index contributed by atoms with van der Waals surface area (Å²) in [5.74, 6) is 0. The van der Waals surface area contributed by atoms with Crippen molar-refractivity contribution in [2.45, 2.75) is 32.4 Å². The third-order valence-corrected chi connectivity index (χ3v) is 3.15. The van der Waals surface area contributed by atoms with E-state index in [-0.39, 0.29) is 6.10 Å². The van der Waals surface area contributed by atoms with Crippen molar-refractivity contribution in [3.63, 3.8) is 0 Å². The first-order chi connectivity index (χ1) is 7.16. The van der Waals surface area contributed by atoms with E-state index in [4.69, 9.17) is 16.3 Å². The van der Waals surface area contributed by atoms with Gasteiger partial charge in [-0.15, -0.1) is 0 Å². The minimum absolute atomic E-state index is 0.266. The standard InChI is InChI=1S/C12H16ClNO/c1-8-3-4-12(10(13)7-8)14-11-5-6-15-9(11)2/h3-4,7,9,11,14H,5-6H2,1-2H3/t9-,11+/m0/s1. The third-order valence-electron chi connectivity index (χ3n) is 2.84. The van der Waals surface area contributed by atoms with Gasteiger partial charge < -0.3 is 10.1 Å². The van der Waals surface area contributed by atoms with E-state index in [2.05, 4.69) is 18.3 Å². The number of ether oxygens (including phenoxy) is 1. The number of benzene rings is 1. The van der Waals surface area contributed by atoms with E-state index in [1.807, 2.05) is 19.1 Å². The lowest BCUT2D eigenvalue weighted by molar-refractivity contribution is 0.121. The van der Waals surface area contributed by atoms with Crippen LogP contribution in [0.4, 0.5) is 5.69 Å². The summed E-state index contributed by atoms with van der Waals surface area (Å²) in [4.78, 5) is 0. The van der Waals surface area contributed by atoms with Gasteiger partial charge in [0.15, 0.2) is 0 Å². The molecule has 0 aromatic heterocycles. The summed E-state index contributed by atoms with van der Waals surface area (Å²) >= 11 is 6.15. The molecule has 0 amide bonds. The van der Waals surface area contributed by atoms with Crippen LogP contribution < -0.4 is 5.32 Å². The van der Waals surface area contributed by atoms with Crippen LogP contribution in [-0.4, -0.2) is 18.8 Å². The zero-order valence-corrected chi connectivity index (χ0v) is 9.84. The minimum Gasteiger partial charge on any atom is -0.378 e. The molecule has 0 bridgehead atoms. The molecule has 2 nitrogen and oxygen atoms in total. The van der Waals surface area contributed by atoms with Gasteiger partial charge in [0.2, 0.25) is 0 Å². The van der Waals surface area contributed by atoms with Gasteiger partial charge in [0.05, 0.1) is 22.9 Å². The molecule has 1 N–H and O–H groups in total. The number of rotatable bonds is 2. The Morgan fingerprint density at radius 1 is 1.47 bits per heavy atom. The number of nitrogens with one attached hydrogen (secondary N) is 1. The van der Waals surface area contributed by atoms with Crippen molar-refractivity contribution in [3.05, 3.63) is 28.8 Å². The van der Waals surface area contributed by atoms with Gasteiger partial charge in [0.25, 0.3) is 0 Å². The molecule has 0 unspecified atom stereocenters. The molecular weight excluding hydrogens is 210 g/mol. The predicted molar refractivity (Wildman–Crippen MR) is 63.6 cm³/mol. The maximum absolute atomic E-state index is 6.15. The Labute approximate surface area is 95.6 Å². The summed E-state index contributed by atoms with van der Waals surface area (Å²) in [6.45, 7) is 4.96. The fraction of sp³-hybridized carbons (Fsp3) is 0.500. The third kappa shape index (κ3) is 2.44. The topological polar surface area (TPSA) is 21.3 Å². The number of hydrogen-bond donors (Lipinski definition) is 1. The molecule has 3 heteroatoms. The molecule has 1 aliphatic rings. The van der Waals surface area contributed by atoms with Crippen LogP contribution in [0.1, 0.15) is 18.9 Å². The van der Waals surface area contributed by atoms with Crippen molar-refractivity contribution in [2.75, 3.05) is 11.9 Å². The van der Waals surface area contributed by atoms with Crippen LogP contribution in [0, 0.1) is 6.92 Å². The van der Waals surface area contributed by atoms with Crippen molar-refractivity contribution >= 4 is 17.3 Å². The zero-order valence-electron chi connectivity index (χ0n) is 9.09. The molecular formula is C12H16ClNO. The average molecular weight is 226 g/mol. The molecule has 1 aromatic carbocycles. The Kier molecular flexibility index (Phi) is 3.17. The van der Waals surface area contributed by atoms with Gasteiger partial charge in [0, 0.05) is 6.61 Å². The first-order valence-electron chi connectivity index (χ1n) is 5.31. The van der Waals surface area contributed by atoms with Crippen LogP contribution >= 0.6 is 11.6 Å². The molecule has 1 heterocycles. The number of halogens is 1. The summed E-state index contributed by atoms with van der Waals surface area (Å²) < 4.78 is 5.50. The van der Waals surface area contributed by atoms with Crippen molar-refractivity contribution in [1.29, 1.82) is 0 Å². The molecule has 1 aliphatic heterocycles. The first-order valence-corrected chi connectivity index (χ1v) is 5.69. The van der Waals surface area contributed by atoms with Gasteiger partial charge in [-0.2, -0.15) is 0 Å². The normalized spacial score (nSPS) is 25.5. The molecule has 0 saturated carbocycles. The van der Waals surface area contributed by atoms with Gasteiger partial charge in [-0.25, -0.2) is 0 Å². The maximum Gasteiger partial charge on any atom is 0.0748 e. The Balaban J connectivity index is 2.10. The Bertz CT molecular complexity index is 353. The van der Waals surface area contributed by atoms with Crippen LogP contribution in [0.2, 0.25) is 5.02 Å². The van der Waals surface area contributed by atoms with E-state index < -0.39 is 0 Å². The SMILES string of the molecule is Cc1ccc(N[C@@H]2CCO[C@H]2C)c(Cl)c1. The Morgan fingerprint density at radius 3 is 2.87 bits per heavy atom. The minimum atomic E-state index is 0.266. The molecule has 15 heavy (non-hydrogen) atoms. The summed E-state index contributed by atoms with van der Waals surface area (Å²) in [5, 5.41) is 4.22. The fourth-order valence-corrected chi connectivity index (χ4v) is 2.15. The summed E-state index contributed by atoms with van der Waals surface area (Å²) in [6, 6.07) is 6.45. The van der Waals surface area contributed by atoms with E-state index >= 15 is 0 Å². The first kappa shape index (κ1) is 10.8. The summed E-state index contributed by atoms with van der Waals surface area (Å²) in [5.41, 5.74) is 2.19. The monoisotopic (exact) mass is 225 g/mol. The second kappa shape index (κ2) is 4.42. The van der Waals surface area contributed by atoms with Crippen LogP contribution in [-0.2, 0) is 4.74 Å². The zero-order chi connectivity index (χ0) is 10.8. The van der Waals surface area contributed by atoms with Crippen LogP contribution in [0.15, 0.2) is 18.2 Å². The van der Waals surface area contributed by atoms with Crippen molar-refractivity contribution in [2.24, 2.45) is 0 Å². The molecule has 1 aromatic rings. The highest BCUT2D eigenvalue weighted by Crippen LogP contribution is 2.26. The van der Waals surface area contributed by atoms with Crippen molar-refractivity contribution in [3.8, 4) is 0 Å². The average Bonchev–Trinajstić information content (AvgIpc) is 2.57. The van der Waals surface area contributed by atoms with Gasteiger partial charge in [-0.05, 0) is 38.0 Å². The largest absolute Gasteiger partial charge is 0.378 e. The predicted octanol–water partition coefficient (Wildman–Crippen LogP) is 3.24. The quantitative estimate of drug-likeness (QED) is 0.835. The second-order valence-corrected chi connectivity index (χ2v) is 4.51. The lowest BCUT2D eigenvalue weighted by Crippen LogP contribution is -2.26. The second-order valence-electron chi connectivity index (χ2n) is 4.10. The molecule has 2 atom stereocenters. The van der Waals surface area contributed by atoms with Gasteiger partial charge in [-0.3, -0.25) is 0 Å². The highest BCUT2D eigenvalue weighted by atomic mass is 35.5. The van der Waals surface area contributed by atoms with Crippen molar-refractivity contribution in [1.82, 2.24) is 0 Å². The van der Waals surface area contributed by atoms with Crippen LogP contribution in [0.25, 0.3) is 0 Å².